The molecule has 0 saturated carbocycles. The minimum Gasteiger partial charge on any atom is -0.491 e. The van der Waals surface area contributed by atoms with Gasteiger partial charge in [-0.05, 0) is 12.1 Å². The van der Waals surface area contributed by atoms with Crippen LogP contribution in [0.25, 0.3) is 0 Å². The monoisotopic (exact) mass is 286 g/mol. The topological polar surface area (TPSA) is 64.8 Å². The Morgan fingerprint density at radius 3 is 2.95 bits per heavy atom. The fourth-order valence-electron chi connectivity index (χ4n) is 2.10. The van der Waals surface area contributed by atoms with E-state index in [9.17, 15) is 13.6 Å². The Labute approximate surface area is 115 Å². The molecule has 7 heteroatoms. The van der Waals surface area contributed by atoms with E-state index in [1.54, 1.807) is 0 Å². The molecule has 110 valence electrons. The van der Waals surface area contributed by atoms with Crippen LogP contribution in [-0.4, -0.2) is 50.3 Å². The maximum Gasteiger partial charge on any atom is 0.257 e. The fraction of sp³-hybridized carbons (Fsp3) is 0.462. The third kappa shape index (κ3) is 2.73. The van der Waals surface area contributed by atoms with Crippen LogP contribution in [0.4, 0.5) is 8.78 Å². The lowest BCUT2D eigenvalue weighted by Gasteiger charge is -2.32. The Kier molecular flexibility index (Phi) is 4.51. The molecule has 1 fully saturated rings. The number of rotatable bonds is 3. The van der Waals surface area contributed by atoms with Crippen LogP contribution in [0.1, 0.15) is 10.4 Å². The summed E-state index contributed by atoms with van der Waals surface area (Å²) in [5.74, 6) is -2.92. The number of methoxy groups -OCH3 is 1. The van der Waals surface area contributed by atoms with Crippen molar-refractivity contribution in [3.8, 4) is 5.75 Å². The van der Waals surface area contributed by atoms with Gasteiger partial charge in [0.25, 0.3) is 5.91 Å². The summed E-state index contributed by atoms with van der Waals surface area (Å²) in [7, 11) is 1.15. The molecule has 1 aliphatic heterocycles. The van der Waals surface area contributed by atoms with Crippen LogP contribution < -0.4 is 10.5 Å². The lowest BCUT2D eigenvalue weighted by atomic mass is 10.1. The van der Waals surface area contributed by atoms with Gasteiger partial charge in [0.2, 0.25) is 0 Å². The molecule has 2 rings (SSSR count). The molecule has 1 unspecified atom stereocenters. The van der Waals surface area contributed by atoms with Crippen molar-refractivity contribution in [3.63, 3.8) is 0 Å². The quantitative estimate of drug-likeness (QED) is 0.891. The molecule has 0 bridgehead atoms. The Bertz CT molecular complexity index is 511. The molecule has 0 spiro atoms. The number of nitrogens with two attached hydrogens (primary N) is 1. The van der Waals surface area contributed by atoms with E-state index in [-0.39, 0.29) is 24.8 Å². The van der Waals surface area contributed by atoms with Crippen molar-refractivity contribution in [2.45, 2.75) is 6.10 Å². The summed E-state index contributed by atoms with van der Waals surface area (Å²) in [5, 5.41) is 0. The van der Waals surface area contributed by atoms with E-state index in [1.807, 2.05) is 0 Å². The van der Waals surface area contributed by atoms with Gasteiger partial charge in [-0.1, -0.05) is 0 Å². The number of amides is 1. The van der Waals surface area contributed by atoms with Gasteiger partial charge in [-0.15, -0.1) is 0 Å². The third-order valence-electron chi connectivity index (χ3n) is 3.17. The highest BCUT2D eigenvalue weighted by atomic mass is 19.1. The number of halogens is 2. The van der Waals surface area contributed by atoms with Gasteiger partial charge in [0, 0.05) is 19.6 Å². The highest BCUT2D eigenvalue weighted by molar-refractivity contribution is 5.95. The Balaban J connectivity index is 2.25. The van der Waals surface area contributed by atoms with Crippen molar-refractivity contribution in [3.05, 3.63) is 29.3 Å². The molecule has 1 aliphatic rings. The van der Waals surface area contributed by atoms with Crippen LogP contribution in [0.5, 0.6) is 5.75 Å². The van der Waals surface area contributed by atoms with Crippen LogP contribution in [0, 0.1) is 11.6 Å². The van der Waals surface area contributed by atoms with Crippen molar-refractivity contribution in [1.82, 2.24) is 4.90 Å². The van der Waals surface area contributed by atoms with Gasteiger partial charge < -0.3 is 20.1 Å². The summed E-state index contributed by atoms with van der Waals surface area (Å²) in [6.07, 6.45) is -0.266. The lowest BCUT2D eigenvalue weighted by Crippen LogP contribution is -2.48. The Hall–Kier alpha value is -1.73. The van der Waals surface area contributed by atoms with Gasteiger partial charge in [-0.25, -0.2) is 8.78 Å². The number of benzene rings is 1. The van der Waals surface area contributed by atoms with Crippen molar-refractivity contribution < 1.29 is 23.0 Å². The first-order valence-electron chi connectivity index (χ1n) is 6.21. The SMILES string of the molecule is COc1c(F)ccc(C(=O)N2CCOC(CN)C2)c1F. The van der Waals surface area contributed by atoms with Gasteiger partial charge in [0.1, 0.15) is 0 Å². The van der Waals surface area contributed by atoms with Crippen molar-refractivity contribution >= 4 is 5.91 Å². The van der Waals surface area contributed by atoms with Gasteiger partial charge in [-0.3, -0.25) is 4.79 Å². The molecule has 1 aromatic rings. The average molecular weight is 286 g/mol. The molecule has 0 aromatic heterocycles. The van der Waals surface area contributed by atoms with Crippen LogP contribution in [0.15, 0.2) is 12.1 Å². The molecule has 2 N–H and O–H groups in total. The molecule has 1 saturated heterocycles. The summed E-state index contributed by atoms with van der Waals surface area (Å²) < 4.78 is 37.3. The summed E-state index contributed by atoms with van der Waals surface area (Å²) in [4.78, 5) is 13.7. The highest BCUT2D eigenvalue weighted by Crippen LogP contribution is 2.25. The molecular formula is C13H16F2N2O3. The molecule has 5 nitrogen and oxygen atoms in total. The molecule has 1 amide bonds. The fourth-order valence-corrected chi connectivity index (χ4v) is 2.10. The van der Waals surface area contributed by atoms with Crippen LogP contribution in [0.3, 0.4) is 0 Å². The minimum absolute atomic E-state index is 0.221. The van der Waals surface area contributed by atoms with Gasteiger partial charge >= 0.3 is 0 Å². The van der Waals surface area contributed by atoms with Crippen LogP contribution in [0.2, 0.25) is 0 Å². The van der Waals surface area contributed by atoms with E-state index < -0.39 is 23.3 Å². The zero-order valence-electron chi connectivity index (χ0n) is 11.1. The minimum atomic E-state index is -0.992. The van der Waals surface area contributed by atoms with E-state index in [0.29, 0.717) is 13.2 Å². The molecule has 0 radical (unpaired) electrons. The predicted octanol–water partition coefficient (Wildman–Crippen LogP) is 0.773. The standard InChI is InChI=1S/C13H16F2N2O3/c1-19-12-10(14)3-2-9(11(12)15)13(18)17-4-5-20-8(6-16)7-17/h2-3,8H,4-7,16H2,1H3. The second-order valence-electron chi connectivity index (χ2n) is 4.42. The van der Waals surface area contributed by atoms with E-state index in [0.717, 1.165) is 19.2 Å². The first-order chi connectivity index (χ1) is 9.58. The normalized spacial score (nSPS) is 19.0. The van der Waals surface area contributed by atoms with Crippen LogP contribution >= 0.6 is 0 Å². The van der Waals surface area contributed by atoms with Crippen molar-refractivity contribution in [1.29, 1.82) is 0 Å². The Morgan fingerprint density at radius 1 is 1.55 bits per heavy atom. The number of morpholine rings is 1. The van der Waals surface area contributed by atoms with Gasteiger partial charge in [-0.2, -0.15) is 0 Å². The van der Waals surface area contributed by atoms with Crippen molar-refractivity contribution in [2.75, 3.05) is 33.4 Å². The smallest absolute Gasteiger partial charge is 0.257 e. The molecule has 20 heavy (non-hydrogen) atoms. The second-order valence-corrected chi connectivity index (χ2v) is 4.42. The lowest BCUT2D eigenvalue weighted by molar-refractivity contribution is -0.0169. The molecule has 1 aromatic carbocycles. The van der Waals surface area contributed by atoms with Crippen molar-refractivity contribution in [2.24, 2.45) is 5.73 Å². The number of hydrogen-bond acceptors (Lipinski definition) is 4. The first-order valence-corrected chi connectivity index (χ1v) is 6.21. The number of ether oxygens (including phenoxy) is 2. The highest BCUT2D eigenvalue weighted by Gasteiger charge is 2.27. The zero-order valence-corrected chi connectivity index (χ0v) is 11.1. The predicted molar refractivity (Wildman–Crippen MR) is 67.6 cm³/mol. The number of hydrogen-bond donors (Lipinski definition) is 1. The molecular weight excluding hydrogens is 270 g/mol. The third-order valence-corrected chi connectivity index (χ3v) is 3.17. The first kappa shape index (κ1) is 14.7. The molecule has 1 atom stereocenters. The zero-order chi connectivity index (χ0) is 14.7. The second kappa shape index (κ2) is 6.15. The average Bonchev–Trinajstić information content (AvgIpc) is 2.47. The van der Waals surface area contributed by atoms with E-state index in [4.69, 9.17) is 10.5 Å². The van der Waals surface area contributed by atoms with Crippen LogP contribution in [-0.2, 0) is 4.74 Å². The Morgan fingerprint density at radius 2 is 2.30 bits per heavy atom. The van der Waals surface area contributed by atoms with E-state index in [2.05, 4.69) is 4.74 Å². The maximum absolute atomic E-state index is 14.0. The largest absolute Gasteiger partial charge is 0.491 e. The van der Waals surface area contributed by atoms with E-state index in [1.165, 1.54) is 4.90 Å². The maximum atomic E-state index is 14.0. The number of carbonyl (C=O) groups excluding carboxylic acids is 1. The van der Waals surface area contributed by atoms with E-state index >= 15 is 0 Å². The number of nitrogens with zero attached hydrogens (tertiary/aromatic N) is 1. The summed E-state index contributed by atoms with van der Waals surface area (Å²) in [6, 6.07) is 2.12. The molecule has 1 heterocycles. The summed E-state index contributed by atoms with van der Waals surface area (Å²) >= 11 is 0. The van der Waals surface area contributed by atoms with Gasteiger partial charge in [0.15, 0.2) is 17.4 Å². The number of carbonyl (C=O) groups is 1. The summed E-state index contributed by atoms with van der Waals surface area (Å²) in [5.41, 5.74) is 5.27. The van der Waals surface area contributed by atoms with Gasteiger partial charge in [0.05, 0.1) is 25.4 Å². The molecule has 0 aliphatic carbocycles. The summed E-state index contributed by atoms with van der Waals surface area (Å²) in [6.45, 7) is 1.25.